The Hall–Kier alpha value is -3.38. The number of carbonyl (C=O) groups is 6. The van der Waals surface area contributed by atoms with Crippen LogP contribution in [-0.4, -0.2) is 84.5 Å². The lowest BCUT2D eigenvalue weighted by Crippen LogP contribution is -2.62. The van der Waals surface area contributed by atoms with E-state index in [2.05, 4.69) is 16.0 Å². The molecule has 1 aliphatic heterocycles. The van der Waals surface area contributed by atoms with Gasteiger partial charge in [-0.25, -0.2) is 9.59 Å². The summed E-state index contributed by atoms with van der Waals surface area (Å²) in [7, 11) is 0. The van der Waals surface area contributed by atoms with Crippen molar-refractivity contribution in [2.24, 2.45) is 46.2 Å². The van der Waals surface area contributed by atoms with Gasteiger partial charge in [0.1, 0.15) is 18.7 Å². The van der Waals surface area contributed by atoms with Gasteiger partial charge >= 0.3 is 12.2 Å². The standard InChI is InChI=1S/C33H55N5O8/c1-17(2)15-45-31(44)46-16-22(18(3)4)36-30(43)37-26(32(5,6)7)29(42)38-14-20-23(33(20,8)9)24(38)28(41)35-21(25(39)27(34)40)13-19-11-10-12-19/h17-24,26H,10-16H2,1-9H3,(H2,34,40)(H,35,41)(H2,36,37,43)/t20?,21?,22-,23?,24+,26-/m1/s1. The second kappa shape index (κ2) is 14.6. The summed E-state index contributed by atoms with van der Waals surface area (Å²) >= 11 is 0. The summed E-state index contributed by atoms with van der Waals surface area (Å²) in [5.74, 6) is -2.67. The smallest absolute Gasteiger partial charge is 0.434 e. The number of piperidine rings is 1. The highest BCUT2D eigenvalue weighted by Crippen LogP contribution is 2.65. The molecule has 3 unspecified atom stereocenters. The zero-order valence-corrected chi connectivity index (χ0v) is 28.9. The third-order valence-corrected chi connectivity index (χ3v) is 9.85. The minimum absolute atomic E-state index is 0.0662. The monoisotopic (exact) mass is 649 g/mol. The van der Waals surface area contributed by atoms with Crippen molar-refractivity contribution in [3.63, 3.8) is 0 Å². The average molecular weight is 650 g/mol. The minimum atomic E-state index is -1.10. The fourth-order valence-electron chi connectivity index (χ4n) is 6.53. The molecule has 46 heavy (non-hydrogen) atoms. The molecule has 0 bridgehead atoms. The predicted molar refractivity (Wildman–Crippen MR) is 170 cm³/mol. The molecule has 5 amide bonds. The molecule has 2 saturated carbocycles. The molecule has 0 aromatic rings. The first kappa shape index (κ1) is 37.1. The van der Waals surface area contributed by atoms with Crippen molar-refractivity contribution >= 4 is 35.7 Å². The largest absolute Gasteiger partial charge is 0.508 e. The van der Waals surface area contributed by atoms with Crippen LogP contribution < -0.4 is 21.7 Å². The quantitative estimate of drug-likeness (QED) is 0.163. The van der Waals surface area contributed by atoms with Gasteiger partial charge < -0.3 is 36.1 Å². The van der Waals surface area contributed by atoms with Crippen LogP contribution in [0.2, 0.25) is 0 Å². The van der Waals surface area contributed by atoms with Gasteiger partial charge in [-0.15, -0.1) is 0 Å². The van der Waals surface area contributed by atoms with E-state index in [9.17, 15) is 28.8 Å². The molecule has 1 heterocycles. The van der Waals surface area contributed by atoms with Gasteiger partial charge in [0.25, 0.3) is 5.91 Å². The summed E-state index contributed by atoms with van der Waals surface area (Å²) < 4.78 is 10.3. The maximum absolute atomic E-state index is 14.2. The molecule has 3 aliphatic rings. The molecule has 5 N–H and O–H groups in total. The van der Waals surface area contributed by atoms with E-state index in [1.807, 2.05) is 62.3 Å². The van der Waals surface area contributed by atoms with Crippen LogP contribution in [0.25, 0.3) is 0 Å². The number of hydrogen-bond acceptors (Lipinski definition) is 8. The molecule has 0 spiro atoms. The van der Waals surface area contributed by atoms with Crippen LogP contribution in [-0.2, 0) is 28.7 Å². The van der Waals surface area contributed by atoms with Gasteiger partial charge in [-0.2, -0.15) is 0 Å². The Bertz CT molecular complexity index is 1180. The van der Waals surface area contributed by atoms with Crippen molar-refractivity contribution in [1.82, 2.24) is 20.9 Å². The number of nitrogens with zero attached hydrogens (tertiary/aromatic N) is 1. The van der Waals surface area contributed by atoms with E-state index in [4.69, 9.17) is 15.2 Å². The summed E-state index contributed by atoms with van der Waals surface area (Å²) in [6.45, 7) is 17.5. The summed E-state index contributed by atoms with van der Waals surface area (Å²) in [4.78, 5) is 79.4. The van der Waals surface area contributed by atoms with Crippen LogP contribution in [0.5, 0.6) is 0 Å². The number of rotatable bonds is 14. The lowest BCUT2D eigenvalue weighted by atomic mass is 9.80. The first-order chi connectivity index (χ1) is 21.2. The maximum atomic E-state index is 14.2. The van der Waals surface area contributed by atoms with Gasteiger partial charge in [0.05, 0.1) is 18.7 Å². The number of nitrogens with two attached hydrogens (primary N) is 1. The zero-order chi connectivity index (χ0) is 34.7. The lowest BCUT2D eigenvalue weighted by Gasteiger charge is -2.38. The number of hydrogen-bond donors (Lipinski definition) is 4. The first-order valence-corrected chi connectivity index (χ1v) is 16.6. The summed E-state index contributed by atoms with van der Waals surface area (Å²) in [6, 6.07) is -4.11. The van der Waals surface area contributed by atoms with Crippen LogP contribution in [0.4, 0.5) is 9.59 Å². The molecule has 2 aliphatic carbocycles. The predicted octanol–water partition coefficient (Wildman–Crippen LogP) is 2.75. The van der Waals surface area contributed by atoms with Crippen molar-refractivity contribution in [2.45, 2.75) is 112 Å². The summed E-state index contributed by atoms with van der Waals surface area (Å²) in [6.07, 6.45) is 2.36. The third kappa shape index (κ3) is 8.90. The molecule has 0 aromatic heterocycles. The summed E-state index contributed by atoms with van der Waals surface area (Å²) in [5.41, 5.74) is 4.38. The van der Waals surface area contributed by atoms with Crippen LogP contribution in [0.15, 0.2) is 0 Å². The molecule has 0 radical (unpaired) electrons. The fraction of sp³-hybridized carbons (Fsp3) is 0.818. The van der Waals surface area contributed by atoms with Crippen molar-refractivity contribution in [3.8, 4) is 0 Å². The van der Waals surface area contributed by atoms with E-state index < -0.39 is 65.3 Å². The second-order valence-corrected chi connectivity index (χ2v) is 15.7. The van der Waals surface area contributed by atoms with E-state index in [0.29, 0.717) is 13.0 Å². The van der Waals surface area contributed by atoms with Crippen molar-refractivity contribution in [2.75, 3.05) is 19.8 Å². The SMILES string of the molecule is CC(C)COC(=O)OC[C@@H](NC(=O)N[C@H](C(=O)N1CC2C([C@H]1C(=O)NC(CC1CCC1)C(=O)C(N)=O)C2(C)C)C(C)(C)C)C(C)C. The number of urea groups is 1. The van der Waals surface area contributed by atoms with E-state index in [-0.39, 0.29) is 48.2 Å². The van der Waals surface area contributed by atoms with E-state index in [1.54, 1.807) is 0 Å². The maximum Gasteiger partial charge on any atom is 0.508 e. The number of fused-ring (bicyclic) bond motifs is 1. The molecule has 13 heteroatoms. The molecule has 1 saturated heterocycles. The Morgan fingerprint density at radius 1 is 0.935 bits per heavy atom. The molecular formula is C33H55N5O8. The topological polar surface area (TPSA) is 186 Å². The highest BCUT2D eigenvalue weighted by molar-refractivity contribution is 6.37. The Balaban J connectivity index is 1.74. The minimum Gasteiger partial charge on any atom is -0.434 e. The Labute approximate surface area is 272 Å². The van der Waals surface area contributed by atoms with Gasteiger partial charge in [-0.1, -0.05) is 81.6 Å². The highest BCUT2D eigenvalue weighted by atomic mass is 16.7. The number of carbonyl (C=O) groups excluding carboxylic acids is 6. The Morgan fingerprint density at radius 3 is 2.04 bits per heavy atom. The number of ether oxygens (including phenoxy) is 2. The molecule has 260 valence electrons. The molecule has 6 atom stereocenters. The van der Waals surface area contributed by atoms with Crippen molar-refractivity contribution in [1.29, 1.82) is 0 Å². The number of ketones is 1. The van der Waals surface area contributed by atoms with E-state index >= 15 is 0 Å². The number of primary amides is 1. The van der Waals surface area contributed by atoms with Gasteiger partial charge in [-0.05, 0) is 46.8 Å². The third-order valence-electron chi connectivity index (χ3n) is 9.85. The molecular weight excluding hydrogens is 594 g/mol. The van der Waals surface area contributed by atoms with Crippen molar-refractivity contribution < 1.29 is 38.2 Å². The van der Waals surface area contributed by atoms with Crippen LogP contribution in [0.1, 0.15) is 88.0 Å². The van der Waals surface area contributed by atoms with Crippen molar-refractivity contribution in [3.05, 3.63) is 0 Å². The number of likely N-dealkylation sites (tertiary alicyclic amines) is 1. The Morgan fingerprint density at radius 2 is 1.54 bits per heavy atom. The average Bonchev–Trinajstić information content (AvgIpc) is 3.24. The van der Waals surface area contributed by atoms with E-state index in [0.717, 1.165) is 19.3 Å². The fourth-order valence-corrected chi connectivity index (χ4v) is 6.53. The molecule has 13 nitrogen and oxygen atoms in total. The number of Topliss-reactive ketones (excluding diaryl/α,β-unsaturated/α-hetero) is 1. The lowest BCUT2D eigenvalue weighted by molar-refractivity contribution is -0.145. The van der Waals surface area contributed by atoms with E-state index in [1.165, 1.54) is 4.90 Å². The number of amides is 5. The zero-order valence-electron chi connectivity index (χ0n) is 28.9. The normalized spacial score (nSPS) is 23.8. The summed E-state index contributed by atoms with van der Waals surface area (Å²) in [5, 5.41) is 8.40. The molecule has 3 fully saturated rings. The highest BCUT2D eigenvalue weighted by Gasteiger charge is 2.70. The van der Waals surface area contributed by atoms with Crippen LogP contribution in [0, 0.1) is 40.4 Å². The first-order valence-electron chi connectivity index (χ1n) is 16.6. The molecule has 0 aromatic carbocycles. The number of nitrogens with one attached hydrogen (secondary N) is 3. The van der Waals surface area contributed by atoms with Crippen LogP contribution in [0.3, 0.4) is 0 Å². The second-order valence-electron chi connectivity index (χ2n) is 15.7. The molecule has 3 rings (SSSR count). The van der Waals surface area contributed by atoms with Gasteiger partial charge in [0.2, 0.25) is 17.6 Å². The van der Waals surface area contributed by atoms with Gasteiger partial charge in [0.15, 0.2) is 0 Å². The van der Waals surface area contributed by atoms with Gasteiger partial charge in [0, 0.05) is 6.54 Å². The Kier molecular flexibility index (Phi) is 11.8. The van der Waals surface area contributed by atoms with Gasteiger partial charge in [-0.3, -0.25) is 19.2 Å². The van der Waals surface area contributed by atoms with Crippen LogP contribution >= 0.6 is 0 Å².